The van der Waals surface area contributed by atoms with Gasteiger partial charge >= 0.3 is 0 Å². The summed E-state index contributed by atoms with van der Waals surface area (Å²) in [5.41, 5.74) is 6.56. The summed E-state index contributed by atoms with van der Waals surface area (Å²) >= 11 is 5.29. The van der Waals surface area contributed by atoms with Crippen molar-refractivity contribution in [1.29, 1.82) is 0 Å². The minimum Gasteiger partial charge on any atom is -0.496 e. The molecular formula is C23H25BrN2O2S. The highest BCUT2D eigenvalue weighted by atomic mass is 79.9. The van der Waals surface area contributed by atoms with Crippen LogP contribution in [0.15, 0.2) is 39.5 Å². The number of hydrogen-bond donors (Lipinski definition) is 0. The Hall–Kier alpha value is -2.05. The fourth-order valence-corrected chi connectivity index (χ4v) is 5.40. The normalized spacial score (nSPS) is 12.6. The third-order valence-corrected chi connectivity index (χ3v) is 6.91. The smallest absolute Gasteiger partial charge is 0.270 e. The van der Waals surface area contributed by atoms with Gasteiger partial charge in [-0.1, -0.05) is 0 Å². The molecule has 1 amide bonds. The lowest BCUT2D eigenvalue weighted by Gasteiger charge is -2.27. The predicted molar refractivity (Wildman–Crippen MR) is 123 cm³/mol. The van der Waals surface area contributed by atoms with Crippen LogP contribution in [0, 0.1) is 0 Å². The van der Waals surface area contributed by atoms with Crippen LogP contribution < -0.4 is 4.74 Å². The molecule has 0 saturated carbocycles. The monoisotopic (exact) mass is 472 g/mol. The fourth-order valence-electron chi connectivity index (χ4n) is 4.19. The number of ether oxygens (including phenoxy) is 1. The fraction of sp³-hybridized carbons (Fsp3) is 0.348. The highest BCUT2D eigenvalue weighted by Crippen LogP contribution is 2.44. The van der Waals surface area contributed by atoms with Crippen molar-refractivity contribution >= 4 is 33.2 Å². The maximum Gasteiger partial charge on any atom is 0.270 e. The standard InChI is InChI=1S/C23H25BrN2O2S/c1-5-25(14(2)3)23(27)20-11-17(16-7-9-29-13-16)22-18-12-21(28-4)19(24)10-15(18)6-8-26(20)22/h7,9-14H,5-6,8H2,1-4H3. The number of carbonyl (C=O) groups excluding carboxylic acids is 1. The number of amides is 1. The molecule has 0 N–H and O–H groups in total. The van der Waals surface area contributed by atoms with E-state index in [0.29, 0.717) is 6.54 Å². The van der Waals surface area contributed by atoms with E-state index in [1.807, 2.05) is 11.8 Å². The van der Waals surface area contributed by atoms with Crippen LogP contribution >= 0.6 is 27.3 Å². The highest BCUT2D eigenvalue weighted by molar-refractivity contribution is 9.10. The molecule has 0 aliphatic carbocycles. The van der Waals surface area contributed by atoms with Gasteiger partial charge in [0.2, 0.25) is 0 Å². The van der Waals surface area contributed by atoms with Crippen LogP contribution in [0.1, 0.15) is 36.8 Å². The van der Waals surface area contributed by atoms with Crippen LogP contribution in [0.5, 0.6) is 5.75 Å². The SMILES string of the molecule is CCN(C(=O)c1cc(-c2ccsc2)c2n1CCc1cc(Br)c(OC)cc1-2)C(C)C. The van der Waals surface area contributed by atoms with Crippen LogP contribution in [0.2, 0.25) is 0 Å². The zero-order valence-corrected chi connectivity index (χ0v) is 19.6. The summed E-state index contributed by atoms with van der Waals surface area (Å²) in [5.74, 6) is 0.901. The van der Waals surface area contributed by atoms with E-state index in [-0.39, 0.29) is 11.9 Å². The lowest BCUT2D eigenvalue weighted by atomic mass is 9.94. The van der Waals surface area contributed by atoms with E-state index in [2.05, 4.69) is 69.4 Å². The topological polar surface area (TPSA) is 34.5 Å². The van der Waals surface area contributed by atoms with E-state index in [1.54, 1.807) is 18.4 Å². The van der Waals surface area contributed by atoms with Gasteiger partial charge in [0.1, 0.15) is 11.4 Å². The van der Waals surface area contributed by atoms with Gasteiger partial charge in [-0.2, -0.15) is 11.3 Å². The summed E-state index contributed by atoms with van der Waals surface area (Å²) in [6.07, 6.45) is 0.886. The van der Waals surface area contributed by atoms with Crippen LogP contribution in [-0.2, 0) is 13.0 Å². The number of fused-ring (bicyclic) bond motifs is 3. The van der Waals surface area contributed by atoms with Gasteiger partial charge in [0, 0.05) is 30.3 Å². The van der Waals surface area contributed by atoms with Gasteiger partial charge in [0.05, 0.1) is 17.3 Å². The van der Waals surface area contributed by atoms with Crippen LogP contribution in [0.4, 0.5) is 0 Å². The third-order valence-electron chi connectivity index (χ3n) is 5.61. The number of benzene rings is 1. The number of carbonyl (C=O) groups is 1. The lowest BCUT2D eigenvalue weighted by molar-refractivity contribution is 0.0706. The number of hydrogen-bond acceptors (Lipinski definition) is 3. The Balaban J connectivity index is 1.96. The van der Waals surface area contributed by atoms with E-state index in [4.69, 9.17) is 4.74 Å². The van der Waals surface area contributed by atoms with Crippen molar-refractivity contribution in [2.45, 2.75) is 39.8 Å². The van der Waals surface area contributed by atoms with Crippen molar-refractivity contribution in [3.63, 3.8) is 0 Å². The van der Waals surface area contributed by atoms with Crippen LogP contribution in [-0.4, -0.2) is 35.1 Å². The van der Waals surface area contributed by atoms with E-state index >= 15 is 0 Å². The summed E-state index contributed by atoms with van der Waals surface area (Å²) in [4.78, 5) is 15.4. The van der Waals surface area contributed by atoms with Crippen molar-refractivity contribution in [2.75, 3.05) is 13.7 Å². The Morgan fingerprint density at radius 3 is 2.72 bits per heavy atom. The Morgan fingerprint density at radius 2 is 2.10 bits per heavy atom. The first-order valence-electron chi connectivity index (χ1n) is 9.90. The average molecular weight is 473 g/mol. The molecule has 0 bridgehead atoms. The van der Waals surface area contributed by atoms with Crippen LogP contribution in [0.25, 0.3) is 22.4 Å². The van der Waals surface area contributed by atoms with Gasteiger partial charge in [-0.3, -0.25) is 4.79 Å². The largest absolute Gasteiger partial charge is 0.496 e. The molecule has 0 spiro atoms. The summed E-state index contributed by atoms with van der Waals surface area (Å²) in [6, 6.07) is 8.61. The molecule has 1 aliphatic rings. The number of aromatic nitrogens is 1. The second-order valence-electron chi connectivity index (χ2n) is 7.53. The van der Waals surface area contributed by atoms with Crippen molar-refractivity contribution in [1.82, 2.24) is 9.47 Å². The summed E-state index contributed by atoms with van der Waals surface area (Å²) in [7, 11) is 1.69. The molecule has 2 aromatic heterocycles. The molecule has 3 aromatic rings. The molecule has 0 fully saturated rings. The van der Waals surface area contributed by atoms with Crippen molar-refractivity contribution < 1.29 is 9.53 Å². The van der Waals surface area contributed by atoms with Gasteiger partial charge in [-0.05, 0) is 89.3 Å². The van der Waals surface area contributed by atoms with E-state index in [0.717, 1.165) is 51.3 Å². The lowest BCUT2D eigenvalue weighted by Crippen LogP contribution is -2.38. The third kappa shape index (κ3) is 3.42. The van der Waals surface area contributed by atoms with Gasteiger partial charge in [0.15, 0.2) is 0 Å². The van der Waals surface area contributed by atoms with E-state index in [1.165, 1.54) is 5.56 Å². The molecule has 1 aromatic carbocycles. The Labute approximate surface area is 184 Å². The Kier molecular flexibility index (Phi) is 5.58. The van der Waals surface area contributed by atoms with Crippen molar-refractivity contribution in [3.8, 4) is 28.1 Å². The summed E-state index contributed by atoms with van der Waals surface area (Å²) in [6.45, 7) is 7.66. The molecule has 0 unspecified atom stereocenters. The minimum atomic E-state index is 0.0951. The minimum absolute atomic E-state index is 0.0951. The number of rotatable bonds is 5. The Bertz CT molecular complexity index is 1050. The second kappa shape index (κ2) is 8.00. The number of halogens is 1. The molecule has 152 valence electrons. The maximum atomic E-state index is 13.4. The van der Waals surface area contributed by atoms with E-state index in [9.17, 15) is 4.79 Å². The second-order valence-corrected chi connectivity index (χ2v) is 9.17. The number of nitrogens with zero attached hydrogens (tertiary/aromatic N) is 2. The number of methoxy groups -OCH3 is 1. The zero-order valence-electron chi connectivity index (χ0n) is 17.2. The van der Waals surface area contributed by atoms with E-state index < -0.39 is 0 Å². The summed E-state index contributed by atoms with van der Waals surface area (Å²) < 4.78 is 8.74. The first-order chi connectivity index (χ1) is 14.0. The molecular weight excluding hydrogens is 448 g/mol. The van der Waals surface area contributed by atoms with Gasteiger partial charge in [-0.15, -0.1) is 0 Å². The average Bonchev–Trinajstić information content (AvgIpc) is 3.35. The predicted octanol–water partition coefficient (Wildman–Crippen LogP) is 6.08. The van der Waals surface area contributed by atoms with Crippen LogP contribution in [0.3, 0.4) is 0 Å². The molecule has 0 saturated heterocycles. The van der Waals surface area contributed by atoms with Gasteiger partial charge in [0.25, 0.3) is 5.91 Å². The molecule has 6 heteroatoms. The quantitative estimate of drug-likeness (QED) is 0.450. The molecule has 0 radical (unpaired) electrons. The maximum absolute atomic E-state index is 13.4. The van der Waals surface area contributed by atoms with Gasteiger partial charge < -0.3 is 14.2 Å². The van der Waals surface area contributed by atoms with Gasteiger partial charge in [-0.25, -0.2) is 0 Å². The van der Waals surface area contributed by atoms with Crippen molar-refractivity contribution in [2.24, 2.45) is 0 Å². The number of thiophene rings is 1. The molecule has 0 atom stereocenters. The Morgan fingerprint density at radius 1 is 1.31 bits per heavy atom. The first-order valence-corrected chi connectivity index (χ1v) is 11.6. The summed E-state index contributed by atoms with van der Waals surface area (Å²) in [5, 5.41) is 4.23. The molecule has 4 nitrogen and oxygen atoms in total. The highest BCUT2D eigenvalue weighted by Gasteiger charge is 2.29. The number of aryl methyl sites for hydroxylation is 1. The molecule has 4 rings (SSSR count). The first kappa shape index (κ1) is 20.2. The molecule has 3 heterocycles. The molecule has 29 heavy (non-hydrogen) atoms. The zero-order chi connectivity index (χ0) is 20.7. The molecule has 1 aliphatic heterocycles. The van der Waals surface area contributed by atoms with Crippen molar-refractivity contribution in [3.05, 3.63) is 50.8 Å².